The quantitative estimate of drug-likeness (QED) is 0.822. The average molecular weight is 265 g/mol. The summed E-state index contributed by atoms with van der Waals surface area (Å²) in [5.41, 5.74) is 0.501. The van der Waals surface area contributed by atoms with Crippen molar-refractivity contribution in [3.63, 3.8) is 0 Å². The summed E-state index contributed by atoms with van der Waals surface area (Å²) in [5.74, 6) is 0. The van der Waals surface area contributed by atoms with Gasteiger partial charge < -0.3 is 10.4 Å². The van der Waals surface area contributed by atoms with Gasteiger partial charge >= 0.3 is 6.18 Å². The lowest BCUT2D eigenvalue weighted by Gasteiger charge is -2.38. The lowest BCUT2D eigenvalue weighted by molar-refractivity contribution is -0.202. The van der Waals surface area contributed by atoms with Gasteiger partial charge in [-0.2, -0.15) is 13.2 Å². The maximum absolute atomic E-state index is 12.2. The average Bonchev–Trinajstić information content (AvgIpc) is 2.75. The van der Waals surface area contributed by atoms with Gasteiger partial charge in [-0.15, -0.1) is 0 Å². The van der Waals surface area contributed by atoms with E-state index in [1.54, 1.807) is 0 Å². The van der Waals surface area contributed by atoms with Crippen molar-refractivity contribution in [3.8, 4) is 0 Å². The molecule has 1 unspecified atom stereocenters. The van der Waals surface area contributed by atoms with Crippen LogP contribution < -0.4 is 5.32 Å². The van der Waals surface area contributed by atoms with E-state index in [1.165, 1.54) is 25.7 Å². The van der Waals surface area contributed by atoms with Crippen molar-refractivity contribution < 1.29 is 18.3 Å². The second-order valence-electron chi connectivity index (χ2n) is 5.95. The Kier molecular flexibility index (Phi) is 4.22. The van der Waals surface area contributed by atoms with Crippen molar-refractivity contribution in [3.05, 3.63) is 0 Å². The number of aliphatic hydroxyl groups excluding tert-OH is 1. The molecule has 2 saturated carbocycles. The molecule has 0 aliphatic heterocycles. The van der Waals surface area contributed by atoms with Gasteiger partial charge in [-0.25, -0.2) is 0 Å². The smallest absolute Gasteiger partial charge is 0.382 e. The molecule has 2 rings (SSSR count). The molecule has 18 heavy (non-hydrogen) atoms. The summed E-state index contributed by atoms with van der Waals surface area (Å²) in [7, 11) is 0. The van der Waals surface area contributed by atoms with Gasteiger partial charge in [0, 0.05) is 12.6 Å². The largest absolute Gasteiger partial charge is 0.415 e. The van der Waals surface area contributed by atoms with E-state index < -0.39 is 12.3 Å². The molecule has 5 heteroatoms. The highest BCUT2D eigenvalue weighted by Crippen LogP contribution is 2.48. The summed E-state index contributed by atoms with van der Waals surface area (Å²) in [6, 6.07) is 0.147. The molecule has 0 aromatic carbocycles. The lowest BCUT2D eigenvalue weighted by Crippen LogP contribution is -2.44. The van der Waals surface area contributed by atoms with E-state index in [0.717, 1.165) is 25.7 Å². The Morgan fingerprint density at radius 1 is 1.11 bits per heavy atom. The molecule has 2 nitrogen and oxygen atoms in total. The molecule has 0 radical (unpaired) electrons. The van der Waals surface area contributed by atoms with Gasteiger partial charge in [0.25, 0.3) is 0 Å². The molecule has 2 aliphatic carbocycles. The van der Waals surface area contributed by atoms with Crippen molar-refractivity contribution in [2.45, 2.75) is 69.7 Å². The maximum atomic E-state index is 12.2. The number of hydrogen-bond acceptors (Lipinski definition) is 2. The number of rotatable bonds is 3. The molecule has 0 aromatic heterocycles. The van der Waals surface area contributed by atoms with E-state index in [0.29, 0.717) is 5.41 Å². The van der Waals surface area contributed by atoms with Crippen LogP contribution in [0, 0.1) is 5.41 Å². The molecule has 2 N–H and O–H groups in total. The standard InChI is InChI=1S/C13H22F3NO/c14-13(15,16)11(18)9-17-10-3-7-12(8-4-10)5-1-2-6-12/h10-11,17-18H,1-9H2. The molecule has 1 spiro atoms. The summed E-state index contributed by atoms with van der Waals surface area (Å²) in [4.78, 5) is 0. The van der Waals surface area contributed by atoms with Gasteiger partial charge in [0.1, 0.15) is 0 Å². The Morgan fingerprint density at radius 3 is 2.17 bits per heavy atom. The fourth-order valence-corrected chi connectivity index (χ4v) is 3.45. The molecular formula is C13H22F3NO. The molecule has 0 heterocycles. The highest BCUT2D eigenvalue weighted by atomic mass is 19.4. The molecule has 2 aliphatic rings. The summed E-state index contributed by atoms with van der Waals surface area (Å²) >= 11 is 0. The number of aliphatic hydroxyl groups is 1. The van der Waals surface area contributed by atoms with Crippen molar-refractivity contribution in [2.24, 2.45) is 5.41 Å². The number of nitrogens with one attached hydrogen (secondary N) is 1. The highest BCUT2D eigenvalue weighted by Gasteiger charge is 2.40. The second kappa shape index (κ2) is 5.37. The van der Waals surface area contributed by atoms with E-state index in [2.05, 4.69) is 5.32 Å². The highest BCUT2D eigenvalue weighted by molar-refractivity contribution is 4.91. The molecule has 1 atom stereocenters. The zero-order valence-corrected chi connectivity index (χ0v) is 10.6. The molecule has 0 bridgehead atoms. The van der Waals surface area contributed by atoms with Crippen molar-refractivity contribution >= 4 is 0 Å². The van der Waals surface area contributed by atoms with E-state index in [9.17, 15) is 13.2 Å². The Labute approximate surface area is 106 Å². The van der Waals surface area contributed by atoms with Gasteiger partial charge in [0.05, 0.1) is 0 Å². The zero-order chi connectivity index (χ0) is 13.2. The fourth-order valence-electron chi connectivity index (χ4n) is 3.45. The third kappa shape index (κ3) is 3.38. The minimum atomic E-state index is -4.51. The summed E-state index contributed by atoms with van der Waals surface area (Å²) in [6.45, 7) is -0.374. The number of halogens is 3. The Hall–Kier alpha value is -0.290. The van der Waals surface area contributed by atoms with Crippen LogP contribution in [0.1, 0.15) is 51.4 Å². The molecule has 0 aromatic rings. The zero-order valence-electron chi connectivity index (χ0n) is 10.6. The molecule has 0 amide bonds. The van der Waals surface area contributed by atoms with Crippen LogP contribution in [0.15, 0.2) is 0 Å². The summed E-state index contributed by atoms with van der Waals surface area (Å²) in [5, 5.41) is 11.8. The van der Waals surface area contributed by atoms with Crippen LogP contribution in [0.4, 0.5) is 13.2 Å². The first kappa shape index (κ1) is 14.1. The summed E-state index contributed by atoms with van der Waals surface area (Å²) < 4.78 is 36.5. The first-order valence-corrected chi connectivity index (χ1v) is 6.90. The Balaban J connectivity index is 1.71. The third-order valence-corrected chi connectivity index (χ3v) is 4.69. The molecule has 106 valence electrons. The van der Waals surface area contributed by atoms with Crippen LogP contribution in [0.3, 0.4) is 0 Å². The third-order valence-electron chi connectivity index (χ3n) is 4.69. The minimum absolute atomic E-state index is 0.147. The van der Waals surface area contributed by atoms with E-state index in [-0.39, 0.29) is 12.6 Å². The van der Waals surface area contributed by atoms with Crippen LogP contribution in [0.2, 0.25) is 0 Å². The van der Waals surface area contributed by atoms with Crippen LogP contribution in [-0.4, -0.2) is 30.0 Å². The normalized spacial score (nSPS) is 26.7. The number of hydrogen-bond donors (Lipinski definition) is 2. The van der Waals surface area contributed by atoms with Gasteiger partial charge in [0.15, 0.2) is 6.10 Å². The predicted molar refractivity (Wildman–Crippen MR) is 63.2 cm³/mol. The van der Waals surface area contributed by atoms with Crippen molar-refractivity contribution in [1.82, 2.24) is 5.32 Å². The van der Waals surface area contributed by atoms with Crippen molar-refractivity contribution in [2.75, 3.05) is 6.54 Å². The van der Waals surface area contributed by atoms with Gasteiger partial charge in [0.2, 0.25) is 0 Å². The van der Waals surface area contributed by atoms with Gasteiger partial charge in [-0.3, -0.25) is 0 Å². The van der Waals surface area contributed by atoms with Crippen LogP contribution in [0.25, 0.3) is 0 Å². The van der Waals surface area contributed by atoms with Crippen molar-refractivity contribution in [1.29, 1.82) is 0 Å². The second-order valence-corrected chi connectivity index (χ2v) is 5.95. The molecule has 2 fully saturated rings. The SMILES string of the molecule is OC(CNC1CCC2(CCCC2)CC1)C(F)(F)F. The van der Waals surface area contributed by atoms with E-state index in [1.807, 2.05) is 0 Å². The molecular weight excluding hydrogens is 243 g/mol. The van der Waals surface area contributed by atoms with Gasteiger partial charge in [-0.1, -0.05) is 12.8 Å². The van der Waals surface area contributed by atoms with Crippen LogP contribution in [0.5, 0.6) is 0 Å². The fraction of sp³-hybridized carbons (Fsp3) is 1.00. The van der Waals surface area contributed by atoms with E-state index in [4.69, 9.17) is 5.11 Å². The topological polar surface area (TPSA) is 32.3 Å². The van der Waals surface area contributed by atoms with Gasteiger partial charge in [-0.05, 0) is 43.9 Å². The number of alkyl halides is 3. The summed E-state index contributed by atoms with van der Waals surface area (Å²) in [6.07, 6.45) is 2.63. The lowest BCUT2D eigenvalue weighted by atomic mass is 9.71. The minimum Gasteiger partial charge on any atom is -0.382 e. The van der Waals surface area contributed by atoms with Crippen LogP contribution >= 0.6 is 0 Å². The first-order chi connectivity index (χ1) is 8.41. The maximum Gasteiger partial charge on any atom is 0.415 e. The first-order valence-electron chi connectivity index (χ1n) is 6.90. The Morgan fingerprint density at radius 2 is 1.67 bits per heavy atom. The van der Waals surface area contributed by atoms with E-state index >= 15 is 0 Å². The predicted octanol–water partition coefficient (Wildman–Crippen LogP) is 3.00. The van der Waals surface area contributed by atoms with Crippen LogP contribution in [-0.2, 0) is 0 Å². The molecule has 0 saturated heterocycles. The monoisotopic (exact) mass is 265 g/mol. The Bertz CT molecular complexity index is 264.